The van der Waals surface area contributed by atoms with Gasteiger partial charge in [0, 0.05) is 37.9 Å². The molecule has 5 nitrogen and oxygen atoms in total. The number of aromatic nitrogens is 1. The van der Waals surface area contributed by atoms with Gasteiger partial charge in [0.15, 0.2) is 0 Å². The molecule has 4 aromatic rings. The molecule has 1 saturated heterocycles. The number of carbonyl (C=O) groups is 2. The number of hydrogen-bond acceptors (Lipinski definition) is 3. The number of rotatable bonds is 3. The fourth-order valence-corrected chi connectivity index (χ4v) is 5.31. The van der Waals surface area contributed by atoms with E-state index < -0.39 is 17.7 Å². The van der Waals surface area contributed by atoms with E-state index in [1.807, 2.05) is 82.3 Å². The number of ketones is 1. The molecule has 0 spiro atoms. The van der Waals surface area contributed by atoms with E-state index in [2.05, 4.69) is 20.9 Å². The van der Waals surface area contributed by atoms with Gasteiger partial charge in [0.25, 0.3) is 11.7 Å². The van der Waals surface area contributed by atoms with Crippen LogP contribution in [0.5, 0.6) is 0 Å². The van der Waals surface area contributed by atoms with Gasteiger partial charge in [0.1, 0.15) is 5.76 Å². The Morgan fingerprint density at radius 2 is 1.63 bits per heavy atom. The summed E-state index contributed by atoms with van der Waals surface area (Å²) < 4.78 is 0.897. The number of nitrogens with zero attached hydrogens (tertiary/aromatic N) is 1. The van der Waals surface area contributed by atoms with E-state index in [4.69, 9.17) is 0 Å². The SMILES string of the molecule is Cc1cc(C)cc(N2C(=O)C(=O)/C(=C(/O)c3ccc(Br)c(C)c3)C2c2c(C)[nH]c3ccccc23)c1. The number of carbonyl (C=O) groups excluding carboxylic acids is 2. The van der Waals surface area contributed by atoms with Gasteiger partial charge in [0.05, 0.1) is 11.6 Å². The molecule has 3 aromatic carbocycles. The maximum Gasteiger partial charge on any atom is 0.300 e. The second kappa shape index (κ2) is 8.54. The number of aliphatic hydroxyl groups excluding tert-OH is 1. The first kappa shape index (κ1) is 23.1. The summed E-state index contributed by atoms with van der Waals surface area (Å²) in [7, 11) is 0. The first-order valence-corrected chi connectivity index (χ1v) is 12.2. The van der Waals surface area contributed by atoms with Crippen LogP contribution in [0.2, 0.25) is 0 Å². The molecular formula is C29H25BrN2O3. The number of H-pyrrole nitrogens is 1. The number of Topliss-reactive ketones (excluding diaryl/α,β-unsaturated/α-hetero) is 1. The predicted octanol–water partition coefficient (Wildman–Crippen LogP) is 6.79. The van der Waals surface area contributed by atoms with E-state index in [-0.39, 0.29) is 11.3 Å². The third-order valence-corrected chi connectivity index (χ3v) is 7.47. The van der Waals surface area contributed by atoms with Crippen LogP contribution in [0.4, 0.5) is 5.69 Å². The zero-order valence-corrected chi connectivity index (χ0v) is 21.5. The summed E-state index contributed by atoms with van der Waals surface area (Å²) in [5, 5.41) is 12.4. The fraction of sp³-hybridized carbons (Fsp3) is 0.172. The van der Waals surface area contributed by atoms with E-state index in [1.54, 1.807) is 6.07 Å². The molecule has 0 aliphatic carbocycles. The first-order valence-electron chi connectivity index (χ1n) is 11.4. The number of hydrogen-bond donors (Lipinski definition) is 2. The number of aromatic amines is 1. The second-order valence-corrected chi connectivity index (χ2v) is 10.0. The highest BCUT2D eigenvalue weighted by atomic mass is 79.9. The van der Waals surface area contributed by atoms with E-state index in [0.29, 0.717) is 11.3 Å². The van der Waals surface area contributed by atoms with Crippen molar-refractivity contribution < 1.29 is 14.7 Å². The van der Waals surface area contributed by atoms with Crippen LogP contribution in [0.3, 0.4) is 0 Å². The van der Waals surface area contributed by atoms with Crippen molar-refractivity contribution in [2.24, 2.45) is 0 Å². The lowest BCUT2D eigenvalue weighted by Crippen LogP contribution is -2.29. The number of para-hydroxylation sites is 1. The Balaban J connectivity index is 1.84. The molecule has 1 aromatic heterocycles. The highest BCUT2D eigenvalue weighted by molar-refractivity contribution is 9.10. The van der Waals surface area contributed by atoms with Crippen LogP contribution in [0, 0.1) is 27.7 Å². The van der Waals surface area contributed by atoms with E-state index in [0.717, 1.165) is 43.3 Å². The molecule has 1 atom stereocenters. The average Bonchev–Trinajstić information content (AvgIpc) is 3.27. The summed E-state index contributed by atoms with van der Waals surface area (Å²) in [6.45, 7) is 7.77. The van der Waals surface area contributed by atoms with E-state index in [9.17, 15) is 14.7 Å². The summed E-state index contributed by atoms with van der Waals surface area (Å²) in [5.74, 6) is -1.53. The molecule has 1 aliphatic heterocycles. The lowest BCUT2D eigenvalue weighted by molar-refractivity contribution is -0.132. The van der Waals surface area contributed by atoms with Gasteiger partial charge in [-0.2, -0.15) is 0 Å². The molecule has 2 heterocycles. The Hall–Kier alpha value is -3.64. The average molecular weight is 529 g/mol. The van der Waals surface area contributed by atoms with Gasteiger partial charge < -0.3 is 10.1 Å². The Labute approximate surface area is 212 Å². The highest BCUT2D eigenvalue weighted by Crippen LogP contribution is 2.45. The Morgan fingerprint density at radius 3 is 2.31 bits per heavy atom. The zero-order valence-electron chi connectivity index (χ0n) is 19.9. The van der Waals surface area contributed by atoms with E-state index >= 15 is 0 Å². The summed E-state index contributed by atoms with van der Waals surface area (Å²) in [6.07, 6.45) is 0. The molecule has 1 fully saturated rings. The number of anilines is 1. The molecule has 35 heavy (non-hydrogen) atoms. The molecule has 6 heteroatoms. The largest absolute Gasteiger partial charge is 0.507 e. The maximum absolute atomic E-state index is 13.6. The number of fused-ring (bicyclic) bond motifs is 1. The quantitative estimate of drug-likeness (QED) is 0.174. The second-order valence-electron chi connectivity index (χ2n) is 9.19. The minimum Gasteiger partial charge on any atom is -0.507 e. The van der Waals surface area contributed by atoms with Crippen molar-refractivity contribution in [2.45, 2.75) is 33.7 Å². The van der Waals surface area contributed by atoms with Crippen LogP contribution in [-0.4, -0.2) is 21.8 Å². The summed E-state index contributed by atoms with van der Waals surface area (Å²) in [6, 6.07) is 18.2. The lowest BCUT2D eigenvalue weighted by Gasteiger charge is -2.26. The van der Waals surface area contributed by atoms with Crippen LogP contribution in [0.15, 0.2) is 70.7 Å². The van der Waals surface area contributed by atoms with Crippen LogP contribution in [-0.2, 0) is 9.59 Å². The van der Waals surface area contributed by atoms with Gasteiger partial charge in [-0.3, -0.25) is 14.5 Å². The summed E-state index contributed by atoms with van der Waals surface area (Å²) >= 11 is 3.49. The van der Waals surface area contributed by atoms with Crippen molar-refractivity contribution in [3.05, 3.63) is 104 Å². The highest BCUT2D eigenvalue weighted by Gasteiger charge is 2.48. The van der Waals surface area contributed by atoms with E-state index in [1.165, 1.54) is 4.90 Å². The Kier molecular flexibility index (Phi) is 5.64. The first-order chi connectivity index (χ1) is 16.7. The van der Waals surface area contributed by atoms with Gasteiger partial charge in [0.2, 0.25) is 0 Å². The molecule has 1 aliphatic rings. The molecule has 2 N–H and O–H groups in total. The smallest absolute Gasteiger partial charge is 0.300 e. The van der Waals surface area contributed by atoms with Crippen molar-refractivity contribution in [1.29, 1.82) is 0 Å². The molecule has 0 bridgehead atoms. The van der Waals surface area contributed by atoms with Gasteiger partial charge in [-0.15, -0.1) is 0 Å². The minimum absolute atomic E-state index is 0.0868. The predicted molar refractivity (Wildman–Crippen MR) is 143 cm³/mol. The number of nitrogens with one attached hydrogen (secondary N) is 1. The molecule has 0 radical (unpaired) electrons. The molecular weight excluding hydrogens is 504 g/mol. The third-order valence-electron chi connectivity index (χ3n) is 6.58. The summed E-state index contributed by atoms with van der Waals surface area (Å²) in [4.78, 5) is 32.0. The van der Waals surface area contributed by atoms with Gasteiger partial charge in [-0.25, -0.2) is 0 Å². The standard InChI is InChI=1S/C29H25BrN2O3/c1-15-11-16(2)13-20(12-15)32-26(24-18(4)31-23-8-6-5-7-21(23)24)25(28(34)29(32)35)27(33)19-9-10-22(30)17(3)14-19/h5-14,26,31,33H,1-4H3/b27-25+. The van der Waals surface area contributed by atoms with Crippen molar-refractivity contribution in [1.82, 2.24) is 4.98 Å². The van der Waals surface area contributed by atoms with Gasteiger partial charge >= 0.3 is 0 Å². The van der Waals surface area contributed by atoms with Crippen molar-refractivity contribution in [3.63, 3.8) is 0 Å². The van der Waals surface area contributed by atoms with Crippen LogP contribution >= 0.6 is 15.9 Å². The number of halogens is 1. The zero-order chi connectivity index (χ0) is 25.0. The molecule has 1 unspecified atom stereocenters. The topological polar surface area (TPSA) is 73.4 Å². The van der Waals surface area contributed by atoms with Crippen molar-refractivity contribution in [3.8, 4) is 0 Å². The van der Waals surface area contributed by atoms with Gasteiger partial charge in [-0.1, -0.05) is 46.3 Å². The lowest BCUT2D eigenvalue weighted by atomic mass is 9.92. The maximum atomic E-state index is 13.6. The Morgan fingerprint density at radius 1 is 0.943 bits per heavy atom. The monoisotopic (exact) mass is 528 g/mol. The van der Waals surface area contributed by atoms with Crippen LogP contribution in [0.1, 0.15) is 39.6 Å². The number of benzene rings is 3. The van der Waals surface area contributed by atoms with Crippen LogP contribution in [0.25, 0.3) is 16.7 Å². The Bertz CT molecular complexity index is 1540. The number of aryl methyl sites for hydroxylation is 4. The minimum atomic E-state index is -0.781. The summed E-state index contributed by atoms with van der Waals surface area (Å²) in [5.41, 5.74) is 6.64. The number of aliphatic hydroxyl groups is 1. The third kappa shape index (κ3) is 3.78. The number of amides is 1. The molecule has 5 rings (SSSR count). The van der Waals surface area contributed by atoms with Crippen molar-refractivity contribution >= 4 is 50.0 Å². The van der Waals surface area contributed by atoms with Gasteiger partial charge in [-0.05, 0) is 74.7 Å². The fourth-order valence-electron chi connectivity index (χ4n) is 5.06. The normalized spacial score (nSPS) is 17.5. The molecule has 176 valence electrons. The molecule has 1 amide bonds. The van der Waals surface area contributed by atoms with Crippen LogP contribution < -0.4 is 4.90 Å². The molecule has 0 saturated carbocycles. The van der Waals surface area contributed by atoms with Crippen molar-refractivity contribution in [2.75, 3.05) is 4.90 Å².